The van der Waals surface area contributed by atoms with Gasteiger partial charge in [0.05, 0.1) is 12.0 Å². The summed E-state index contributed by atoms with van der Waals surface area (Å²) >= 11 is 7.89. The molecule has 0 fully saturated rings. The molecule has 0 aliphatic rings. The molecule has 0 heterocycles. The molecule has 0 saturated carbocycles. The van der Waals surface area contributed by atoms with Crippen molar-refractivity contribution in [2.45, 2.75) is 11.8 Å². The van der Waals surface area contributed by atoms with Gasteiger partial charge in [0.2, 0.25) is 0 Å². The monoisotopic (exact) mass is 327 g/mol. The molecule has 0 radical (unpaired) electrons. The van der Waals surface area contributed by atoms with Gasteiger partial charge in [-0.2, -0.15) is 5.90 Å². The molecule has 1 aromatic rings. The topological polar surface area (TPSA) is 44.5 Å². The summed E-state index contributed by atoms with van der Waals surface area (Å²) in [6.07, 6.45) is 0. The number of halogens is 2. The molecule has 0 saturated heterocycles. The maximum atomic E-state index is 4.72. The second kappa shape index (κ2) is 5.33. The second-order valence-electron chi connectivity index (χ2n) is 2.26. The summed E-state index contributed by atoms with van der Waals surface area (Å²) in [7, 11) is 0. The van der Waals surface area contributed by atoms with E-state index in [0.29, 0.717) is 0 Å². The highest BCUT2D eigenvalue weighted by molar-refractivity contribution is 9.11. The first-order valence-electron chi connectivity index (χ1n) is 3.31. The van der Waals surface area contributed by atoms with E-state index in [2.05, 4.69) is 41.2 Å². The van der Waals surface area contributed by atoms with Gasteiger partial charge >= 0.3 is 0 Å². The van der Waals surface area contributed by atoms with Gasteiger partial charge in [0.25, 0.3) is 0 Å². The Balaban J connectivity index is 2.86. The Morgan fingerprint density at radius 1 is 1.31 bits per heavy atom. The Hall–Kier alpha value is 0.410. The standard InChI is InChI=1S/C7H7Br2NO2S/c1-4-6(8)2-5(3-7(4)9)13-12-11-10/h2-3H,10H2,1H3. The zero-order valence-electron chi connectivity index (χ0n) is 6.71. The van der Waals surface area contributed by atoms with Crippen LogP contribution in [-0.4, -0.2) is 0 Å². The summed E-state index contributed by atoms with van der Waals surface area (Å²) in [4.78, 5) is 4.89. The fraction of sp³-hybridized carbons (Fsp3) is 0.143. The van der Waals surface area contributed by atoms with E-state index in [1.54, 1.807) is 0 Å². The summed E-state index contributed by atoms with van der Waals surface area (Å²) in [5.41, 5.74) is 1.14. The van der Waals surface area contributed by atoms with Crippen LogP contribution in [0.25, 0.3) is 0 Å². The van der Waals surface area contributed by atoms with Gasteiger partial charge in [-0.15, -0.1) is 9.32 Å². The predicted octanol–water partition coefficient (Wildman–Crippen LogP) is 3.35. The van der Waals surface area contributed by atoms with Crippen molar-refractivity contribution >= 4 is 43.9 Å². The minimum atomic E-state index is 0.898. The van der Waals surface area contributed by atoms with Gasteiger partial charge in [-0.3, -0.25) is 0 Å². The van der Waals surface area contributed by atoms with Gasteiger partial charge < -0.3 is 0 Å². The smallest absolute Gasteiger partial charge is 0.0703 e. The van der Waals surface area contributed by atoms with E-state index >= 15 is 0 Å². The van der Waals surface area contributed by atoms with Crippen LogP contribution in [0.4, 0.5) is 0 Å². The zero-order chi connectivity index (χ0) is 9.84. The molecule has 13 heavy (non-hydrogen) atoms. The molecular formula is C7H7Br2NO2S. The van der Waals surface area contributed by atoms with E-state index in [0.717, 1.165) is 31.4 Å². The fourth-order valence-corrected chi connectivity index (χ4v) is 2.67. The summed E-state index contributed by atoms with van der Waals surface area (Å²) < 4.78 is 6.53. The Bertz CT molecular complexity index is 286. The molecule has 6 heteroatoms. The first kappa shape index (κ1) is 11.5. The zero-order valence-corrected chi connectivity index (χ0v) is 10.7. The summed E-state index contributed by atoms with van der Waals surface area (Å²) in [5, 5.41) is 0. The minimum Gasteiger partial charge on any atom is -0.182 e. The lowest BCUT2D eigenvalue weighted by molar-refractivity contribution is -0.195. The molecule has 1 aromatic carbocycles. The fourth-order valence-electron chi connectivity index (χ4n) is 0.729. The third-order valence-corrected chi connectivity index (χ3v) is 3.65. The van der Waals surface area contributed by atoms with Gasteiger partial charge in [0, 0.05) is 13.8 Å². The summed E-state index contributed by atoms with van der Waals surface area (Å²) in [5.74, 6) is 4.72. The average molecular weight is 329 g/mol. The molecule has 0 bridgehead atoms. The van der Waals surface area contributed by atoms with Crippen molar-refractivity contribution < 1.29 is 9.32 Å². The Morgan fingerprint density at radius 2 is 1.85 bits per heavy atom. The van der Waals surface area contributed by atoms with Gasteiger partial charge in [0.1, 0.15) is 0 Å². The van der Waals surface area contributed by atoms with Crippen molar-refractivity contribution in [3.8, 4) is 0 Å². The molecule has 0 aromatic heterocycles. The lowest BCUT2D eigenvalue weighted by Gasteiger charge is -2.04. The van der Waals surface area contributed by atoms with Crippen molar-refractivity contribution in [1.82, 2.24) is 0 Å². The lowest BCUT2D eigenvalue weighted by atomic mass is 10.2. The van der Waals surface area contributed by atoms with Gasteiger partial charge in [-0.05, 0) is 24.6 Å². The van der Waals surface area contributed by atoms with E-state index in [-0.39, 0.29) is 0 Å². The van der Waals surface area contributed by atoms with E-state index in [4.69, 9.17) is 5.90 Å². The lowest BCUT2D eigenvalue weighted by Crippen LogP contribution is -1.94. The van der Waals surface area contributed by atoms with E-state index < -0.39 is 0 Å². The van der Waals surface area contributed by atoms with Crippen LogP contribution < -0.4 is 5.90 Å². The molecule has 72 valence electrons. The molecule has 3 nitrogen and oxygen atoms in total. The normalized spacial score (nSPS) is 10.5. The average Bonchev–Trinajstić information content (AvgIpc) is 2.10. The Labute approximate surface area is 97.3 Å². The maximum Gasteiger partial charge on any atom is 0.0703 e. The number of rotatable bonds is 3. The molecule has 0 aliphatic carbocycles. The number of hydrogen-bond donors (Lipinski definition) is 1. The molecule has 0 atom stereocenters. The first-order valence-corrected chi connectivity index (χ1v) is 5.63. The van der Waals surface area contributed by atoms with Crippen LogP contribution in [0.15, 0.2) is 26.0 Å². The van der Waals surface area contributed by atoms with Crippen molar-refractivity contribution in [3.63, 3.8) is 0 Å². The van der Waals surface area contributed by atoms with Crippen molar-refractivity contribution in [1.29, 1.82) is 0 Å². The predicted molar refractivity (Wildman–Crippen MR) is 58.8 cm³/mol. The van der Waals surface area contributed by atoms with E-state index in [1.807, 2.05) is 19.1 Å². The minimum absolute atomic E-state index is 0.898. The number of nitrogens with two attached hydrogens (primary N) is 1. The Morgan fingerprint density at radius 3 is 2.31 bits per heavy atom. The first-order chi connectivity index (χ1) is 6.15. The highest BCUT2D eigenvalue weighted by Crippen LogP contribution is 2.31. The molecule has 0 unspecified atom stereocenters. The molecule has 0 aliphatic heterocycles. The Kier molecular flexibility index (Phi) is 4.71. The maximum absolute atomic E-state index is 4.72. The second-order valence-corrected chi connectivity index (χ2v) is 4.74. The highest BCUT2D eigenvalue weighted by atomic mass is 79.9. The molecule has 1 rings (SSSR count). The molecule has 2 N–H and O–H groups in total. The van der Waals surface area contributed by atoms with Crippen LogP contribution >= 0.6 is 43.9 Å². The summed E-state index contributed by atoms with van der Waals surface area (Å²) in [6, 6.07) is 3.84. The van der Waals surface area contributed by atoms with Crippen LogP contribution in [0.5, 0.6) is 0 Å². The largest absolute Gasteiger partial charge is 0.182 e. The van der Waals surface area contributed by atoms with Crippen molar-refractivity contribution in [3.05, 3.63) is 26.6 Å². The van der Waals surface area contributed by atoms with Gasteiger partial charge in [0.15, 0.2) is 0 Å². The third kappa shape index (κ3) is 3.23. The number of benzene rings is 1. The van der Waals surface area contributed by atoms with Crippen LogP contribution in [-0.2, 0) is 9.32 Å². The van der Waals surface area contributed by atoms with Crippen LogP contribution in [0.1, 0.15) is 5.56 Å². The van der Waals surface area contributed by atoms with Crippen molar-refractivity contribution in [2.75, 3.05) is 0 Å². The van der Waals surface area contributed by atoms with Crippen LogP contribution in [0.2, 0.25) is 0 Å². The quantitative estimate of drug-likeness (QED) is 0.525. The van der Waals surface area contributed by atoms with E-state index in [1.165, 1.54) is 0 Å². The number of hydrogen-bond acceptors (Lipinski definition) is 4. The third-order valence-electron chi connectivity index (χ3n) is 1.42. The summed E-state index contributed by atoms with van der Waals surface area (Å²) in [6.45, 7) is 2.00. The SMILES string of the molecule is Cc1c(Br)cc(SOON)cc1Br. The van der Waals surface area contributed by atoms with Crippen LogP contribution in [0.3, 0.4) is 0 Å². The van der Waals surface area contributed by atoms with Crippen LogP contribution in [0, 0.1) is 6.92 Å². The molecule has 0 spiro atoms. The van der Waals surface area contributed by atoms with Crippen molar-refractivity contribution in [2.24, 2.45) is 5.90 Å². The molecule has 0 amide bonds. The van der Waals surface area contributed by atoms with E-state index in [9.17, 15) is 0 Å². The van der Waals surface area contributed by atoms with Gasteiger partial charge in [-0.1, -0.05) is 31.9 Å². The van der Waals surface area contributed by atoms with Gasteiger partial charge in [-0.25, -0.2) is 0 Å². The molecular weight excluding hydrogens is 322 g/mol. The highest BCUT2D eigenvalue weighted by Gasteiger charge is 2.04.